The van der Waals surface area contributed by atoms with Gasteiger partial charge >= 0.3 is 37.4 Å². The third-order valence-corrected chi connectivity index (χ3v) is 3.89. The van der Waals surface area contributed by atoms with Gasteiger partial charge in [0, 0.05) is 0 Å². The van der Waals surface area contributed by atoms with Gasteiger partial charge in [-0.2, -0.15) is 0 Å². The molecule has 1 saturated heterocycles. The smallest absolute Gasteiger partial charge is 1.00 e. The molecule has 14 heteroatoms. The maximum Gasteiger partial charge on any atom is 1.00 e. The van der Waals surface area contributed by atoms with Crippen LogP contribution in [0.2, 0.25) is 0 Å². The molecule has 128 valence electrons. The van der Waals surface area contributed by atoms with Crippen molar-refractivity contribution >= 4 is 24.8 Å². The summed E-state index contributed by atoms with van der Waals surface area (Å²) in [6, 6.07) is 0. The Bertz CT molecular complexity index is 775. The summed E-state index contributed by atoms with van der Waals surface area (Å²) in [6.07, 6.45) is -2.49. The normalized spacial score (nSPS) is 27.3. The van der Waals surface area contributed by atoms with Gasteiger partial charge in [-0.1, -0.05) is 0 Å². The van der Waals surface area contributed by atoms with Crippen molar-refractivity contribution in [3.05, 3.63) is 12.7 Å². The van der Waals surface area contributed by atoms with Crippen molar-refractivity contribution in [1.82, 2.24) is 19.5 Å². The van der Waals surface area contributed by atoms with E-state index in [1.54, 1.807) is 0 Å². The summed E-state index contributed by atoms with van der Waals surface area (Å²) in [7, 11) is -4.72. The number of aliphatic hydroxyl groups is 2. The van der Waals surface area contributed by atoms with Gasteiger partial charge in [-0.25, -0.2) is 19.5 Å². The van der Waals surface area contributed by atoms with Crippen molar-refractivity contribution in [1.29, 1.82) is 0 Å². The monoisotopic (exact) mass is 371 g/mol. The number of hydrogen-bond acceptors (Lipinski definition) is 9. The van der Waals surface area contributed by atoms with E-state index in [0.29, 0.717) is 5.52 Å². The largest absolute Gasteiger partial charge is 1.00 e. The molecular formula is C10H15N5NaO7P. The SMILES string of the molecule is Nc1ncnc2c1ncn2[C@@H]1O[C@H](COP(=O)(O)O)[C@@H](O)[C@H]1O.[H-].[Na+]. The summed E-state index contributed by atoms with van der Waals surface area (Å²) in [4.78, 5) is 29.2. The third-order valence-electron chi connectivity index (χ3n) is 3.41. The molecule has 0 aromatic carbocycles. The number of ether oxygens (including phenoxy) is 1. The number of aliphatic hydroxyl groups excluding tert-OH is 2. The van der Waals surface area contributed by atoms with Gasteiger partial charge in [0.05, 0.1) is 12.9 Å². The predicted octanol–water partition coefficient (Wildman–Crippen LogP) is -4.75. The first-order valence-corrected chi connectivity index (χ1v) is 7.95. The minimum Gasteiger partial charge on any atom is -1.00 e. The Kier molecular flexibility index (Phi) is 5.98. The molecule has 0 bridgehead atoms. The van der Waals surface area contributed by atoms with E-state index < -0.39 is 39.0 Å². The number of rotatable bonds is 4. The van der Waals surface area contributed by atoms with Crippen molar-refractivity contribution in [2.75, 3.05) is 12.3 Å². The average molecular weight is 371 g/mol. The first-order valence-electron chi connectivity index (χ1n) is 6.42. The summed E-state index contributed by atoms with van der Waals surface area (Å²) < 4.78 is 21.8. The summed E-state index contributed by atoms with van der Waals surface area (Å²) in [5.74, 6) is 0.142. The van der Waals surface area contributed by atoms with Crippen LogP contribution in [0.15, 0.2) is 12.7 Å². The van der Waals surface area contributed by atoms with Crippen molar-refractivity contribution in [3.63, 3.8) is 0 Å². The van der Waals surface area contributed by atoms with E-state index in [4.69, 9.17) is 20.3 Å². The summed E-state index contributed by atoms with van der Waals surface area (Å²) in [5, 5.41) is 20.1. The maximum absolute atomic E-state index is 10.7. The molecule has 2 aromatic heterocycles. The van der Waals surface area contributed by atoms with Gasteiger partial charge < -0.3 is 31.9 Å². The van der Waals surface area contributed by atoms with Gasteiger partial charge in [0.25, 0.3) is 0 Å². The molecule has 0 amide bonds. The van der Waals surface area contributed by atoms with Crippen molar-refractivity contribution < 1.29 is 64.8 Å². The Labute approximate surface area is 158 Å². The Morgan fingerprint density at radius 3 is 2.71 bits per heavy atom. The second-order valence-corrected chi connectivity index (χ2v) is 6.15. The second kappa shape index (κ2) is 7.30. The quantitative estimate of drug-likeness (QED) is 0.257. The topological polar surface area (TPSA) is 186 Å². The first kappa shape index (κ1) is 19.7. The summed E-state index contributed by atoms with van der Waals surface area (Å²) in [5.41, 5.74) is 6.25. The van der Waals surface area contributed by atoms with E-state index in [2.05, 4.69) is 19.5 Å². The molecule has 3 rings (SSSR count). The third kappa shape index (κ3) is 3.78. The molecule has 0 radical (unpaired) electrons. The van der Waals surface area contributed by atoms with E-state index in [-0.39, 0.29) is 42.4 Å². The Hall–Kier alpha value is -0.660. The van der Waals surface area contributed by atoms with Crippen molar-refractivity contribution in [2.24, 2.45) is 0 Å². The summed E-state index contributed by atoms with van der Waals surface area (Å²) >= 11 is 0. The molecular weight excluding hydrogens is 356 g/mol. The van der Waals surface area contributed by atoms with Crippen LogP contribution in [0.25, 0.3) is 11.2 Å². The Balaban J connectivity index is 0.00000156. The van der Waals surface area contributed by atoms with Crippen LogP contribution < -0.4 is 35.3 Å². The Morgan fingerprint density at radius 1 is 1.33 bits per heavy atom. The van der Waals surface area contributed by atoms with Crippen LogP contribution in [-0.4, -0.2) is 64.4 Å². The minimum atomic E-state index is -4.72. The van der Waals surface area contributed by atoms with E-state index in [0.717, 1.165) is 0 Å². The number of hydrogen-bond donors (Lipinski definition) is 5. The predicted molar refractivity (Wildman–Crippen MR) is 74.8 cm³/mol. The molecule has 4 atom stereocenters. The second-order valence-electron chi connectivity index (χ2n) is 4.92. The fourth-order valence-corrected chi connectivity index (χ4v) is 2.66. The van der Waals surface area contributed by atoms with E-state index >= 15 is 0 Å². The number of nitrogens with two attached hydrogens (primary N) is 1. The van der Waals surface area contributed by atoms with Gasteiger partial charge in [0.2, 0.25) is 0 Å². The number of fused-ring (bicyclic) bond motifs is 1. The van der Waals surface area contributed by atoms with Gasteiger partial charge in [-0.05, 0) is 0 Å². The van der Waals surface area contributed by atoms with Crippen LogP contribution >= 0.6 is 7.82 Å². The zero-order valence-corrected chi connectivity index (χ0v) is 15.4. The van der Waals surface area contributed by atoms with Crippen LogP contribution in [0.3, 0.4) is 0 Å². The molecule has 0 saturated carbocycles. The molecule has 12 nitrogen and oxygen atoms in total. The van der Waals surface area contributed by atoms with Crippen molar-refractivity contribution in [2.45, 2.75) is 24.5 Å². The van der Waals surface area contributed by atoms with Crippen LogP contribution in [-0.2, 0) is 13.8 Å². The van der Waals surface area contributed by atoms with Crippen LogP contribution in [0, 0.1) is 0 Å². The van der Waals surface area contributed by atoms with Crippen LogP contribution in [0.5, 0.6) is 0 Å². The van der Waals surface area contributed by atoms with Crippen molar-refractivity contribution in [3.8, 4) is 0 Å². The summed E-state index contributed by atoms with van der Waals surface area (Å²) in [6.45, 7) is -0.594. The number of aromatic nitrogens is 4. The van der Waals surface area contributed by atoms with E-state index in [1.807, 2.05) is 0 Å². The first-order chi connectivity index (χ1) is 10.8. The number of imidazole rings is 1. The van der Waals surface area contributed by atoms with Crippen LogP contribution in [0.4, 0.5) is 5.82 Å². The fourth-order valence-electron chi connectivity index (χ4n) is 2.32. The number of anilines is 1. The minimum absolute atomic E-state index is 0. The number of phosphoric acid groups is 1. The molecule has 0 spiro atoms. The van der Waals surface area contributed by atoms with E-state index in [1.165, 1.54) is 17.2 Å². The molecule has 2 aromatic rings. The molecule has 3 heterocycles. The molecule has 0 aliphatic carbocycles. The van der Waals surface area contributed by atoms with Gasteiger partial charge in [-0.15, -0.1) is 0 Å². The standard InChI is InChI=1S/C10H14N5O7P.Na.H/c11-8-5-9(13-2-12-8)15(3-14-5)10-7(17)6(16)4(22-10)1-21-23(18,19)20;;/h2-4,6-7,10,16-17H,1H2,(H2,11,12,13)(H2,18,19,20);;/q;+1;-1/t4-,6-,7-,10-;;/m1../s1. The molecule has 1 fully saturated rings. The molecule has 0 unspecified atom stereocenters. The van der Waals surface area contributed by atoms with Gasteiger partial charge in [-0.3, -0.25) is 9.09 Å². The van der Waals surface area contributed by atoms with Gasteiger partial charge in [0.15, 0.2) is 17.7 Å². The molecule has 1 aliphatic rings. The zero-order valence-electron chi connectivity index (χ0n) is 13.5. The van der Waals surface area contributed by atoms with E-state index in [9.17, 15) is 14.8 Å². The number of nitrogen functional groups attached to an aromatic ring is 1. The fraction of sp³-hybridized carbons (Fsp3) is 0.500. The molecule has 1 aliphatic heterocycles. The molecule has 24 heavy (non-hydrogen) atoms. The maximum atomic E-state index is 10.7. The number of phosphoric ester groups is 1. The van der Waals surface area contributed by atoms with Gasteiger partial charge in [0.1, 0.15) is 30.2 Å². The zero-order chi connectivity index (χ0) is 16.8. The molecule has 6 N–H and O–H groups in total. The van der Waals surface area contributed by atoms with Crippen LogP contribution in [0.1, 0.15) is 7.65 Å². The average Bonchev–Trinajstić information content (AvgIpc) is 3.01. The Morgan fingerprint density at radius 2 is 2.04 bits per heavy atom. The number of nitrogens with zero attached hydrogens (tertiary/aromatic N) is 4.